The molecule has 0 fully saturated rings. The molecular weight excluding hydrogens is 340 g/mol. The molecule has 0 radical (unpaired) electrons. The van der Waals surface area contributed by atoms with E-state index in [0.29, 0.717) is 35.1 Å². The molecule has 7 heteroatoms. The van der Waals surface area contributed by atoms with Crippen molar-refractivity contribution in [2.45, 2.75) is 46.6 Å². The molecule has 6 nitrogen and oxygen atoms in total. The van der Waals surface area contributed by atoms with E-state index in [1.807, 2.05) is 20.8 Å². The lowest BCUT2D eigenvalue weighted by Gasteiger charge is -2.11. The van der Waals surface area contributed by atoms with E-state index in [0.717, 1.165) is 5.69 Å². The van der Waals surface area contributed by atoms with Gasteiger partial charge in [-0.1, -0.05) is 32.4 Å². The number of nitrogens with zero attached hydrogens (tertiary/aromatic N) is 2. The zero-order valence-corrected chi connectivity index (χ0v) is 15.6. The van der Waals surface area contributed by atoms with Gasteiger partial charge in [-0.05, 0) is 37.1 Å². The van der Waals surface area contributed by atoms with Crippen LogP contribution in [0.25, 0.3) is 0 Å². The van der Waals surface area contributed by atoms with Gasteiger partial charge in [-0.15, -0.1) is 0 Å². The van der Waals surface area contributed by atoms with Gasteiger partial charge in [0, 0.05) is 18.7 Å². The molecule has 25 heavy (non-hydrogen) atoms. The summed E-state index contributed by atoms with van der Waals surface area (Å²) in [5.41, 5.74) is 2.36. The van der Waals surface area contributed by atoms with E-state index in [2.05, 4.69) is 15.7 Å². The number of nitrogens with one attached hydrogen (secondary N) is 2. The highest BCUT2D eigenvalue weighted by Crippen LogP contribution is 2.26. The summed E-state index contributed by atoms with van der Waals surface area (Å²) in [7, 11) is 0. The molecule has 0 saturated carbocycles. The summed E-state index contributed by atoms with van der Waals surface area (Å²) < 4.78 is 1.67. The van der Waals surface area contributed by atoms with Crippen LogP contribution in [0.2, 0.25) is 5.02 Å². The molecule has 2 rings (SSSR count). The molecule has 0 atom stereocenters. The number of rotatable bonds is 6. The lowest BCUT2D eigenvalue weighted by Crippen LogP contribution is -2.18. The first kappa shape index (κ1) is 19.0. The molecule has 0 aliphatic carbocycles. The predicted molar refractivity (Wildman–Crippen MR) is 100 cm³/mol. The Kier molecular flexibility index (Phi) is 6.20. The number of carbonyl (C=O) groups is 2. The Morgan fingerprint density at radius 2 is 1.92 bits per heavy atom. The predicted octanol–water partition coefficient (Wildman–Crippen LogP) is 4.28. The maximum absolute atomic E-state index is 12.7. The quantitative estimate of drug-likeness (QED) is 0.805. The van der Waals surface area contributed by atoms with E-state index in [-0.39, 0.29) is 17.7 Å². The van der Waals surface area contributed by atoms with Gasteiger partial charge in [-0.25, -0.2) is 0 Å². The molecule has 0 bridgehead atoms. The van der Waals surface area contributed by atoms with Crippen molar-refractivity contribution in [3.05, 3.63) is 40.7 Å². The van der Waals surface area contributed by atoms with Crippen molar-refractivity contribution in [3.8, 4) is 0 Å². The Morgan fingerprint density at radius 3 is 2.52 bits per heavy atom. The van der Waals surface area contributed by atoms with Gasteiger partial charge in [0.25, 0.3) is 5.91 Å². The number of hydrogen-bond acceptors (Lipinski definition) is 3. The number of anilines is 2. The second-order valence-corrected chi connectivity index (χ2v) is 6.38. The van der Waals surface area contributed by atoms with E-state index in [9.17, 15) is 9.59 Å². The molecule has 1 aromatic heterocycles. The Bertz CT molecular complexity index is 783. The first-order valence-corrected chi connectivity index (χ1v) is 8.72. The first-order valence-electron chi connectivity index (χ1n) is 8.34. The third-order valence-electron chi connectivity index (χ3n) is 3.74. The normalized spacial score (nSPS) is 10.8. The minimum atomic E-state index is -0.290. The van der Waals surface area contributed by atoms with Gasteiger partial charge in [0.15, 0.2) is 0 Å². The van der Waals surface area contributed by atoms with Crippen LogP contribution in [0.15, 0.2) is 24.3 Å². The third kappa shape index (κ3) is 4.60. The van der Waals surface area contributed by atoms with Crippen molar-refractivity contribution in [3.63, 3.8) is 0 Å². The summed E-state index contributed by atoms with van der Waals surface area (Å²) in [5.74, 6) is -0.164. The van der Waals surface area contributed by atoms with Crippen molar-refractivity contribution in [1.29, 1.82) is 0 Å². The van der Waals surface area contributed by atoms with E-state index >= 15 is 0 Å². The molecule has 1 aromatic carbocycles. The fourth-order valence-electron chi connectivity index (χ4n) is 2.28. The smallest absolute Gasteiger partial charge is 0.273 e. The van der Waals surface area contributed by atoms with Gasteiger partial charge in [-0.2, -0.15) is 5.10 Å². The summed E-state index contributed by atoms with van der Waals surface area (Å²) in [5, 5.41) is 10.4. The average molecular weight is 363 g/mol. The fraction of sp³-hybridized carbons (Fsp3) is 0.389. The molecular formula is C18H23ClN4O2. The maximum atomic E-state index is 12.7. The van der Waals surface area contributed by atoms with Crippen molar-refractivity contribution in [1.82, 2.24) is 9.78 Å². The SMILES string of the molecule is CCC(=O)Nc1ccc(Cl)c(NC(=O)c2cc(C(C)C)nn2CC)c1. The zero-order chi connectivity index (χ0) is 18.6. The van der Waals surface area contributed by atoms with Gasteiger partial charge < -0.3 is 10.6 Å². The number of aryl methyl sites for hydroxylation is 1. The minimum Gasteiger partial charge on any atom is -0.326 e. The van der Waals surface area contributed by atoms with Gasteiger partial charge in [0.1, 0.15) is 5.69 Å². The molecule has 0 aliphatic heterocycles. The van der Waals surface area contributed by atoms with Crippen LogP contribution in [0, 0.1) is 0 Å². The van der Waals surface area contributed by atoms with Crippen molar-refractivity contribution < 1.29 is 9.59 Å². The maximum Gasteiger partial charge on any atom is 0.273 e. The topological polar surface area (TPSA) is 76.0 Å². The molecule has 1 heterocycles. The second-order valence-electron chi connectivity index (χ2n) is 5.98. The Morgan fingerprint density at radius 1 is 1.20 bits per heavy atom. The van der Waals surface area contributed by atoms with Crippen molar-refractivity contribution in [2.24, 2.45) is 0 Å². The van der Waals surface area contributed by atoms with Crippen LogP contribution in [0.4, 0.5) is 11.4 Å². The van der Waals surface area contributed by atoms with Crippen LogP contribution in [0.5, 0.6) is 0 Å². The monoisotopic (exact) mass is 362 g/mol. The number of aromatic nitrogens is 2. The average Bonchev–Trinajstić information content (AvgIpc) is 3.02. The highest BCUT2D eigenvalue weighted by molar-refractivity contribution is 6.34. The standard InChI is InChI=1S/C18H23ClN4O2/c1-5-17(24)20-12-7-8-13(19)15(9-12)21-18(25)16-10-14(11(3)4)22-23(16)6-2/h7-11H,5-6H2,1-4H3,(H,20,24)(H,21,25). The molecule has 2 aromatic rings. The van der Waals surface area contributed by atoms with Gasteiger partial charge in [0.2, 0.25) is 5.91 Å². The van der Waals surface area contributed by atoms with Crippen LogP contribution >= 0.6 is 11.6 Å². The summed E-state index contributed by atoms with van der Waals surface area (Å²) in [6, 6.07) is 6.77. The van der Waals surface area contributed by atoms with Crippen LogP contribution in [0.3, 0.4) is 0 Å². The summed E-state index contributed by atoms with van der Waals surface area (Å²) in [6.07, 6.45) is 0.373. The Hall–Kier alpha value is -2.34. The van der Waals surface area contributed by atoms with Crippen molar-refractivity contribution in [2.75, 3.05) is 10.6 Å². The van der Waals surface area contributed by atoms with E-state index in [1.54, 1.807) is 35.9 Å². The zero-order valence-electron chi connectivity index (χ0n) is 14.9. The van der Waals surface area contributed by atoms with Gasteiger partial charge >= 0.3 is 0 Å². The highest BCUT2D eigenvalue weighted by atomic mass is 35.5. The molecule has 2 amide bonds. The number of halogens is 1. The highest BCUT2D eigenvalue weighted by Gasteiger charge is 2.17. The second kappa shape index (κ2) is 8.16. The van der Waals surface area contributed by atoms with Crippen LogP contribution < -0.4 is 10.6 Å². The van der Waals surface area contributed by atoms with Crippen LogP contribution in [-0.4, -0.2) is 21.6 Å². The number of hydrogen-bond donors (Lipinski definition) is 2. The van der Waals surface area contributed by atoms with Gasteiger partial charge in [-0.3, -0.25) is 14.3 Å². The number of amides is 2. The third-order valence-corrected chi connectivity index (χ3v) is 4.07. The number of carbonyl (C=O) groups excluding carboxylic acids is 2. The summed E-state index contributed by atoms with van der Waals surface area (Å²) >= 11 is 6.18. The van der Waals surface area contributed by atoms with Crippen LogP contribution in [-0.2, 0) is 11.3 Å². The molecule has 0 unspecified atom stereocenters. The van der Waals surface area contributed by atoms with E-state index in [4.69, 9.17) is 11.6 Å². The number of benzene rings is 1. The van der Waals surface area contributed by atoms with E-state index < -0.39 is 0 Å². The molecule has 2 N–H and O–H groups in total. The van der Waals surface area contributed by atoms with Gasteiger partial charge in [0.05, 0.1) is 16.4 Å². The minimum absolute atomic E-state index is 0.106. The van der Waals surface area contributed by atoms with Crippen molar-refractivity contribution >= 4 is 34.8 Å². The Balaban J connectivity index is 2.25. The Labute approximate surface area is 152 Å². The fourth-order valence-corrected chi connectivity index (χ4v) is 2.44. The molecule has 0 aliphatic rings. The summed E-state index contributed by atoms with van der Waals surface area (Å²) in [6.45, 7) is 8.35. The largest absolute Gasteiger partial charge is 0.326 e. The lowest BCUT2D eigenvalue weighted by molar-refractivity contribution is -0.115. The molecule has 0 saturated heterocycles. The molecule has 0 spiro atoms. The van der Waals surface area contributed by atoms with Crippen LogP contribution in [0.1, 0.15) is 56.2 Å². The molecule has 134 valence electrons. The van der Waals surface area contributed by atoms with E-state index in [1.165, 1.54) is 0 Å². The summed E-state index contributed by atoms with van der Waals surface area (Å²) in [4.78, 5) is 24.2. The first-order chi connectivity index (χ1) is 11.8. The lowest BCUT2D eigenvalue weighted by atomic mass is 10.1.